The number of hydrogen-bond acceptors (Lipinski definition) is 9. The number of nitrogens with zero attached hydrogens (tertiary/aromatic N) is 6. The Balaban J connectivity index is 1.03. The topological polar surface area (TPSA) is 88.8 Å². The molecule has 1 aromatic heterocycles. The first-order valence-corrected chi connectivity index (χ1v) is 13.1. The molecule has 0 radical (unpaired) electrons. The second kappa shape index (κ2) is 12.2. The summed E-state index contributed by atoms with van der Waals surface area (Å²) in [6.07, 6.45) is 1.16. The summed E-state index contributed by atoms with van der Waals surface area (Å²) in [6, 6.07) is 10.3. The average molecular weight is 499 g/mol. The van der Waals surface area contributed by atoms with Gasteiger partial charge in [-0.05, 0) is 12.1 Å². The van der Waals surface area contributed by atoms with Gasteiger partial charge in [0.1, 0.15) is 6.26 Å². The van der Waals surface area contributed by atoms with E-state index >= 15 is 0 Å². The molecular formula is C26H38N6O4. The first-order valence-electron chi connectivity index (χ1n) is 13.1. The van der Waals surface area contributed by atoms with Crippen LogP contribution in [0.25, 0.3) is 0 Å². The number of carbonyl (C=O) groups excluding carboxylic acids is 1. The van der Waals surface area contributed by atoms with E-state index in [9.17, 15) is 9.90 Å². The monoisotopic (exact) mass is 498 g/mol. The lowest BCUT2D eigenvalue weighted by atomic mass is 10.2. The van der Waals surface area contributed by atoms with Gasteiger partial charge in [-0.3, -0.25) is 19.5 Å². The van der Waals surface area contributed by atoms with E-state index < -0.39 is 0 Å². The summed E-state index contributed by atoms with van der Waals surface area (Å²) in [5, 5.41) is 10.5. The third-order valence-electron chi connectivity index (χ3n) is 7.32. The standard InChI is InChI=1S/C26H38N6O4/c33-23(19-30-14-16-35-17-15-30)18-28-6-8-29(9-7-28)20-25-27-24(21-36-25)26(34)32-12-10-31(11-13-32)22-4-2-1-3-5-22/h1-5,21,23,33H,6-20H2/t23-/m1/s1. The fourth-order valence-corrected chi connectivity index (χ4v) is 5.21. The number of morpholine rings is 1. The number of hydrogen-bond donors (Lipinski definition) is 1. The van der Waals surface area contributed by atoms with Crippen LogP contribution in [0.1, 0.15) is 16.4 Å². The Kier molecular flexibility index (Phi) is 8.50. The molecule has 10 nitrogen and oxygen atoms in total. The van der Waals surface area contributed by atoms with E-state index in [-0.39, 0.29) is 12.0 Å². The molecule has 0 spiro atoms. The van der Waals surface area contributed by atoms with Crippen LogP contribution >= 0.6 is 0 Å². The van der Waals surface area contributed by atoms with Crippen molar-refractivity contribution in [2.45, 2.75) is 12.6 Å². The van der Waals surface area contributed by atoms with Crippen molar-refractivity contribution < 1.29 is 19.1 Å². The van der Waals surface area contributed by atoms with Crippen molar-refractivity contribution in [1.29, 1.82) is 0 Å². The molecular weight excluding hydrogens is 460 g/mol. The minimum absolute atomic E-state index is 0.0585. The number of piperazine rings is 2. The number of aliphatic hydroxyl groups is 1. The quantitative estimate of drug-likeness (QED) is 0.557. The Morgan fingerprint density at radius 3 is 2.19 bits per heavy atom. The van der Waals surface area contributed by atoms with Crippen LogP contribution in [-0.2, 0) is 11.3 Å². The van der Waals surface area contributed by atoms with E-state index in [1.807, 2.05) is 23.1 Å². The number of β-amino-alcohol motifs (C(OH)–C–C–N with tert-alkyl or cyclic N) is 1. The molecule has 196 valence electrons. The molecule has 1 aromatic carbocycles. The van der Waals surface area contributed by atoms with Crippen LogP contribution in [0.2, 0.25) is 0 Å². The third-order valence-corrected chi connectivity index (χ3v) is 7.32. The van der Waals surface area contributed by atoms with Gasteiger partial charge in [-0.25, -0.2) is 4.98 Å². The Bertz CT molecular complexity index is 950. The Labute approximate surface area is 213 Å². The van der Waals surface area contributed by atoms with Crippen LogP contribution in [0, 0.1) is 0 Å². The fourth-order valence-electron chi connectivity index (χ4n) is 5.21. The van der Waals surface area contributed by atoms with E-state index in [0.717, 1.165) is 65.6 Å². The van der Waals surface area contributed by atoms with Crippen molar-refractivity contribution in [3.8, 4) is 0 Å². The summed E-state index contributed by atoms with van der Waals surface area (Å²) in [6.45, 7) is 11.9. The maximum atomic E-state index is 13.0. The van der Waals surface area contributed by atoms with Crippen molar-refractivity contribution in [1.82, 2.24) is 24.6 Å². The first kappa shape index (κ1) is 25.2. The molecule has 3 fully saturated rings. The van der Waals surface area contributed by atoms with Gasteiger partial charge >= 0.3 is 0 Å². The largest absolute Gasteiger partial charge is 0.447 e. The predicted octanol–water partition coefficient (Wildman–Crippen LogP) is 0.448. The molecule has 3 aliphatic rings. The number of benzene rings is 1. The molecule has 2 aromatic rings. The normalized spacial score (nSPS) is 21.6. The van der Waals surface area contributed by atoms with Crippen molar-refractivity contribution >= 4 is 11.6 Å². The Morgan fingerprint density at radius 1 is 0.861 bits per heavy atom. The summed E-state index contributed by atoms with van der Waals surface area (Å²) in [5.41, 5.74) is 1.59. The highest BCUT2D eigenvalue weighted by Crippen LogP contribution is 2.17. The molecule has 0 saturated carbocycles. The average Bonchev–Trinajstić information content (AvgIpc) is 3.39. The van der Waals surface area contributed by atoms with E-state index in [4.69, 9.17) is 9.15 Å². The van der Waals surface area contributed by atoms with Gasteiger partial charge in [0.15, 0.2) is 5.69 Å². The van der Waals surface area contributed by atoms with Gasteiger partial charge in [-0.2, -0.15) is 0 Å². The van der Waals surface area contributed by atoms with Crippen LogP contribution in [-0.4, -0.2) is 133 Å². The van der Waals surface area contributed by atoms with Crippen molar-refractivity contribution in [2.75, 3.05) is 96.7 Å². The smallest absolute Gasteiger partial charge is 0.275 e. The molecule has 10 heteroatoms. The van der Waals surface area contributed by atoms with Crippen LogP contribution in [0.5, 0.6) is 0 Å². The van der Waals surface area contributed by atoms with Gasteiger partial charge in [-0.1, -0.05) is 18.2 Å². The summed E-state index contributed by atoms with van der Waals surface area (Å²) >= 11 is 0. The number of oxazole rings is 1. The number of rotatable bonds is 8. The van der Waals surface area contributed by atoms with Crippen molar-refractivity contribution in [3.63, 3.8) is 0 Å². The minimum atomic E-state index is -0.343. The summed E-state index contributed by atoms with van der Waals surface area (Å²) in [5.74, 6) is 0.527. The molecule has 3 aliphatic heterocycles. The number of amides is 1. The predicted molar refractivity (Wildman–Crippen MR) is 136 cm³/mol. The summed E-state index contributed by atoms with van der Waals surface area (Å²) in [7, 11) is 0. The van der Waals surface area contributed by atoms with Gasteiger partial charge in [0, 0.05) is 84.2 Å². The fraction of sp³-hybridized carbons (Fsp3) is 0.615. The second-order valence-corrected chi connectivity index (χ2v) is 9.88. The van der Waals surface area contributed by atoms with Gasteiger partial charge in [0.05, 0.1) is 25.9 Å². The van der Waals surface area contributed by atoms with Gasteiger partial charge in [0.2, 0.25) is 5.89 Å². The molecule has 3 saturated heterocycles. The number of aliphatic hydroxyl groups excluding tert-OH is 1. The maximum Gasteiger partial charge on any atom is 0.275 e. The molecule has 1 N–H and O–H groups in total. The van der Waals surface area contributed by atoms with Crippen LogP contribution in [0.4, 0.5) is 5.69 Å². The minimum Gasteiger partial charge on any atom is -0.447 e. The molecule has 36 heavy (non-hydrogen) atoms. The number of anilines is 1. The summed E-state index contributed by atoms with van der Waals surface area (Å²) in [4.78, 5) is 28.5. The Hall–Kier alpha value is -2.50. The second-order valence-electron chi connectivity index (χ2n) is 9.88. The number of aromatic nitrogens is 1. The van der Waals surface area contributed by atoms with Crippen LogP contribution in [0.3, 0.4) is 0 Å². The zero-order valence-corrected chi connectivity index (χ0v) is 21.0. The van der Waals surface area contributed by atoms with Crippen LogP contribution < -0.4 is 4.90 Å². The molecule has 0 bridgehead atoms. The molecule has 0 aliphatic carbocycles. The zero-order chi connectivity index (χ0) is 24.7. The SMILES string of the molecule is O=C(c1coc(CN2CCN(C[C@@H](O)CN3CCOCC3)CC2)n1)N1CCN(c2ccccc2)CC1. The van der Waals surface area contributed by atoms with E-state index in [0.29, 0.717) is 44.3 Å². The third kappa shape index (κ3) is 6.63. The van der Waals surface area contributed by atoms with Crippen molar-refractivity contribution in [2.24, 2.45) is 0 Å². The Morgan fingerprint density at radius 2 is 1.50 bits per heavy atom. The molecule has 0 unspecified atom stereocenters. The van der Waals surface area contributed by atoms with E-state index in [2.05, 4.69) is 36.7 Å². The highest BCUT2D eigenvalue weighted by molar-refractivity contribution is 5.92. The lowest BCUT2D eigenvalue weighted by molar-refractivity contribution is 0.00187. The van der Waals surface area contributed by atoms with E-state index in [1.165, 1.54) is 12.0 Å². The number of ether oxygens (including phenoxy) is 1. The highest BCUT2D eigenvalue weighted by atomic mass is 16.5. The lowest BCUT2D eigenvalue weighted by Crippen LogP contribution is -2.50. The maximum absolute atomic E-state index is 13.0. The van der Waals surface area contributed by atoms with Gasteiger partial charge < -0.3 is 24.1 Å². The highest BCUT2D eigenvalue weighted by Gasteiger charge is 2.26. The van der Waals surface area contributed by atoms with E-state index in [1.54, 1.807) is 0 Å². The zero-order valence-electron chi connectivity index (χ0n) is 21.0. The van der Waals surface area contributed by atoms with Gasteiger partial charge in [0.25, 0.3) is 5.91 Å². The first-order chi connectivity index (χ1) is 17.6. The van der Waals surface area contributed by atoms with Crippen LogP contribution in [0.15, 0.2) is 41.0 Å². The number of para-hydroxylation sites is 1. The molecule has 4 heterocycles. The molecule has 5 rings (SSSR count). The van der Waals surface area contributed by atoms with Crippen molar-refractivity contribution in [3.05, 3.63) is 48.2 Å². The lowest BCUT2D eigenvalue weighted by Gasteiger charge is -2.36. The van der Waals surface area contributed by atoms with Gasteiger partial charge in [-0.15, -0.1) is 0 Å². The molecule has 1 amide bonds. The summed E-state index contributed by atoms with van der Waals surface area (Å²) < 4.78 is 11.0. The number of carbonyl (C=O) groups is 1. The molecule has 1 atom stereocenters.